The third-order valence-electron chi connectivity index (χ3n) is 2.04. The zero-order valence-electron chi connectivity index (χ0n) is 7.91. The Morgan fingerprint density at radius 1 is 1.38 bits per heavy atom. The molecule has 2 rings (SSSR count). The van der Waals surface area contributed by atoms with Crippen LogP contribution in [0.3, 0.4) is 0 Å². The summed E-state index contributed by atoms with van der Waals surface area (Å²) in [5.74, 6) is 0.743. The smallest absolute Gasteiger partial charge is 0.185 e. The van der Waals surface area contributed by atoms with Gasteiger partial charge in [-0.15, -0.1) is 0 Å². The van der Waals surface area contributed by atoms with Gasteiger partial charge in [-0.25, -0.2) is 0 Å². The second-order valence-corrected chi connectivity index (χ2v) is 4.37. The van der Waals surface area contributed by atoms with E-state index < -0.39 is 0 Å². The molecule has 0 fully saturated rings. The van der Waals surface area contributed by atoms with Crippen LogP contribution in [-0.4, -0.2) is 11.4 Å². The Bertz CT molecular complexity index is 525. The molecule has 82 valence electrons. The van der Waals surface area contributed by atoms with Crippen molar-refractivity contribution in [2.75, 3.05) is 0 Å². The van der Waals surface area contributed by atoms with Crippen molar-refractivity contribution in [1.82, 2.24) is 0 Å². The van der Waals surface area contributed by atoms with Gasteiger partial charge in [-0.3, -0.25) is 4.79 Å². The topological polar surface area (TPSA) is 50.4 Å². The van der Waals surface area contributed by atoms with Crippen molar-refractivity contribution < 1.29 is 14.3 Å². The standard InChI is InChI=1S/C11H6BrClO3/c12-8-3-6(4-9(13)11(8)15)10-2-1-7(5-14)16-10/h1-5,15H. The molecule has 0 amide bonds. The Hall–Kier alpha value is -1.26. The molecule has 0 radical (unpaired) electrons. The summed E-state index contributed by atoms with van der Waals surface area (Å²) < 4.78 is 5.71. The number of aldehydes is 1. The summed E-state index contributed by atoms with van der Waals surface area (Å²) >= 11 is 8.99. The molecule has 0 saturated carbocycles. The molecular formula is C11H6BrClO3. The van der Waals surface area contributed by atoms with Crippen LogP contribution in [-0.2, 0) is 0 Å². The first-order valence-electron chi connectivity index (χ1n) is 4.35. The first kappa shape index (κ1) is 11.2. The second-order valence-electron chi connectivity index (χ2n) is 3.11. The number of phenolic OH excluding ortho intramolecular Hbond substituents is 1. The molecule has 3 nitrogen and oxygen atoms in total. The van der Waals surface area contributed by atoms with Crippen molar-refractivity contribution in [3.05, 3.63) is 39.5 Å². The fraction of sp³-hybridized carbons (Fsp3) is 0. The minimum Gasteiger partial charge on any atom is -0.505 e. The van der Waals surface area contributed by atoms with Crippen LogP contribution >= 0.6 is 27.5 Å². The van der Waals surface area contributed by atoms with E-state index in [1.807, 2.05) is 0 Å². The van der Waals surface area contributed by atoms with Crippen LogP contribution in [0.4, 0.5) is 0 Å². The molecule has 1 aromatic carbocycles. The van der Waals surface area contributed by atoms with E-state index in [4.69, 9.17) is 16.0 Å². The lowest BCUT2D eigenvalue weighted by molar-refractivity contribution is 0.110. The fourth-order valence-corrected chi connectivity index (χ4v) is 2.07. The number of hydrogen-bond acceptors (Lipinski definition) is 3. The van der Waals surface area contributed by atoms with E-state index in [1.165, 1.54) is 0 Å². The highest BCUT2D eigenvalue weighted by Gasteiger charge is 2.10. The number of rotatable bonds is 2. The van der Waals surface area contributed by atoms with Crippen molar-refractivity contribution in [3.63, 3.8) is 0 Å². The predicted octanol–water partition coefficient (Wildman–Crippen LogP) is 3.88. The summed E-state index contributed by atoms with van der Waals surface area (Å²) in [6, 6.07) is 6.46. The maximum atomic E-state index is 10.5. The Kier molecular flexibility index (Phi) is 3.03. The Labute approximate surface area is 105 Å². The Morgan fingerprint density at radius 2 is 2.12 bits per heavy atom. The molecule has 1 heterocycles. The predicted molar refractivity (Wildman–Crippen MR) is 63.9 cm³/mol. The van der Waals surface area contributed by atoms with Crippen LogP contribution in [0.5, 0.6) is 5.75 Å². The Balaban J connectivity index is 2.52. The summed E-state index contributed by atoms with van der Waals surface area (Å²) in [6.07, 6.45) is 0.626. The van der Waals surface area contributed by atoms with Gasteiger partial charge in [0.25, 0.3) is 0 Å². The molecule has 0 atom stereocenters. The number of phenols is 1. The summed E-state index contributed by atoms with van der Waals surface area (Å²) in [5, 5.41) is 9.68. The van der Waals surface area contributed by atoms with Gasteiger partial charge < -0.3 is 9.52 Å². The summed E-state index contributed by atoms with van der Waals surface area (Å²) in [6.45, 7) is 0. The largest absolute Gasteiger partial charge is 0.505 e. The third-order valence-corrected chi connectivity index (χ3v) is 2.94. The van der Waals surface area contributed by atoms with E-state index in [-0.39, 0.29) is 16.5 Å². The van der Waals surface area contributed by atoms with Gasteiger partial charge in [-0.05, 0) is 40.2 Å². The molecule has 0 aliphatic rings. The first-order chi connectivity index (χ1) is 7.61. The summed E-state index contributed by atoms with van der Waals surface area (Å²) in [7, 11) is 0. The molecule has 2 aromatic rings. The van der Waals surface area contributed by atoms with Crippen molar-refractivity contribution >= 4 is 33.8 Å². The average molecular weight is 302 g/mol. The SMILES string of the molecule is O=Cc1ccc(-c2cc(Cl)c(O)c(Br)c2)o1. The van der Waals surface area contributed by atoms with Gasteiger partial charge in [0.1, 0.15) is 11.5 Å². The monoisotopic (exact) mass is 300 g/mol. The van der Waals surface area contributed by atoms with Crippen molar-refractivity contribution in [3.8, 4) is 17.1 Å². The molecule has 0 bridgehead atoms. The zero-order chi connectivity index (χ0) is 11.7. The van der Waals surface area contributed by atoms with Gasteiger partial charge >= 0.3 is 0 Å². The molecule has 16 heavy (non-hydrogen) atoms. The van der Waals surface area contributed by atoms with Crippen LogP contribution in [0.15, 0.2) is 33.2 Å². The van der Waals surface area contributed by atoms with E-state index in [1.54, 1.807) is 24.3 Å². The molecule has 0 unspecified atom stereocenters. The minimum absolute atomic E-state index is 0.0208. The molecule has 1 N–H and O–H groups in total. The van der Waals surface area contributed by atoms with E-state index in [0.717, 1.165) is 0 Å². The molecule has 0 aliphatic heterocycles. The van der Waals surface area contributed by atoms with Gasteiger partial charge in [-0.1, -0.05) is 11.6 Å². The van der Waals surface area contributed by atoms with Crippen LogP contribution in [0.2, 0.25) is 5.02 Å². The summed E-state index contributed by atoms with van der Waals surface area (Å²) in [4.78, 5) is 10.5. The van der Waals surface area contributed by atoms with Crippen molar-refractivity contribution in [2.24, 2.45) is 0 Å². The number of aromatic hydroxyl groups is 1. The van der Waals surface area contributed by atoms with Crippen LogP contribution in [0.25, 0.3) is 11.3 Å². The number of carbonyl (C=O) groups is 1. The number of carbonyl (C=O) groups excluding carboxylic acids is 1. The fourth-order valence-electron chi connectivity index (χ4n) is 1.28. The average Bonchev–Trinajstić information content (AvgIpc) is 2.73. The van der Waals surface area contributed by atoms with Crippen LogP contribution in [0, 0.1) is 0 Å². The number of hydrogen-bond donors (Lipinski definition) is 1. The van der Waals surface area contributed by atoms with E-state index >= 15 is 0 Å². The number of benzene rings is 1. The van der Waals surface area contributed by atoms with E-state index in [9.17, 15) is 9.90 Å². The van der Waals surface area contributed by atoms with Crippen LogP contribution in [0.1, 0.15) is 10.6 Å². The molecular weight excluding hydrogens is 295 g/mol. The number of furan rings is 1. The maximum Gasteiger partial charge on any atom is 0.185 e. The quantitative estimate of drug-likeness (QED) is 0.856. The molecule has 0 spiro atoms. The summed E-state index contributed by atoms with van der Waals surface area (Å²) in [5.41, 5.74) is 0.683. The first-order valence-corrected chi connectivity index (χ1v) is 5.52. The van der Waals surface area contributed by atoms with E-state index in [0.29, 0.717) is 22.1 Å². The second kappa shape index (κ2) is 4.31. The number of halogens is 2. The lowest BCUT2D eigenvalue weighted by Crippen LogP contribution is -1.78. The highest BCUT2D eigenvalue weighted by molar-refractivity contribution is 9.10. The van der Waals surface area contributed by atoms with Gasteiger partial charge in [-0.2, -0.15) is 0 Å². The van der Waals surface area contributed by atoms with Gasteiger partial charge in [0.15, 0.2) is 12.0 Å². The van der Waals surface area contributed by atoms with Gasteiger partial charge in [0.2, 0.25) is 0 Å². The van der Waals surface area contributed by atoms with Crippen molar-refractivity contribution in [1.29, 1.82) is 0 Å². The minimum atomic E-state index is -0.0208. The normalized spacial score (nSPS) is 10.4. The molecule has 0 saturated heterocycles. The molecule has 0 aliphatic carbocycles. The van der Waals surface area contributed by atoms with Crippen molar-refractivity contribution in [2.45, 2.75) is 0 Å². The Morgan fingerprint density at radius 3 is 2.69 bits per heavy atom. The molecule has 1 aromatic heterocycles. The maximum absolute atomic E-state index is 10.5. The third kappa shape index (κ3) is 1.99. The highest BCUT2D eigenvalue weighted by atomic mass is 79.9. The van der Waals surface area contributed by atoms with Gasteiger partial charge in [0, 0.05) is 5.56 Å². The zero-order valence-corrected chi connectivity index (χ0v) is 10.2. The lowest BCUT2D eigenvalue weighted by Gasteiger charge is -2.03. The molecule has 5 heteroatoms. The van der Waals surface area contributed by atoms with E-state index in [2.05, 4.69) is 15.9 Å². The highest BCUT2D eigenvalue weighted by Crippen LogP contribution is 2.36. The van der Waals surface area contributed by atoms with Gasteiger partial charge in [0.05, 0.1) is 9.50 Å². The lowest BCUT2D eigenvalue weighted by atomic mass is 10.2. The van der Waals surface area contributed by atoms with Crippen LogP contribution < -0.4 is 0 Å².